The minimum atomic E-state index is 0.0373. The molecule has 20 heavy (non-hydrogen) atoms. The molecule has 0 aliphatic heterocycles. The molecular weight excluding hydrogens is 314 g/mol. The van der Waals surface area contributed by atoms with Gasteiger partial charge in [0.05, 0.1) is 11.7 Å². The highest BCUT2D eigenvalue weighted by Crippen LogP contribution is 2.17. The Kier molecular flexibility index (Phi) is 4.66. The topological polar surface area (TPSA) is 29.9 Å². The summed E-state index contributed by atoms with van der Waals surface area (Å²) < 4.78 is 3.12. The van der Waals surface area contributed by atoms with Crippen molar-refractivity contribution in [2.24, 2.45) is 0 Å². The quantitative estimate of drug-likeness (QED) is 0.904. The summed E-state index contributed by atoms with van der Waals surface area (Å²) in [7, 11) is 0. The first-order valence-electron chi connectivity index (χ1n) is 6.89. The molecule has 1 aromatic carbocycles. The van der Waals surface area contributed by atoms with E-state index in [2.05, 4.69) is 84.5 Å². The summed E-state index contributed by atoms with van der Waals surface area (Å²) in [6.07, 6.45) is 4.05. The van der Waals surface area contributed by atoms with Gasteiger partial charge in [0.1, 0.15) is 0 Å². The Hall–Kier alpha value is -1.13. The molecular formula is C16H22BrN3. The second-order valence-corrected chi connectivity index (χ2v) is 7.03. The van der Waals surface area contributed by atoms with Gasteiger partial charge in [-0.3, -0.25) is 4.68 Å². The fourth-order valence-electron chi connectivity index (χ4n) is 1.96. The number of nitrogens with one attached hydrogen (secondary N) is 1. The highest BCUT2D eigenvalue weighted by molar-refractivity contribution is 9.10. The van der Waals surface area contributed by atoms with E-state index in [4.69, 9.17) is 0 Å². The summed E-state index contributed by atoms with van der Waals surface area (Å²) in [6.45, 7) is 9.47. The number of nitrogens with zero attached hydrogens (tertiary/aromatic N) is 2. The van der Waals surface area contributed by atoms with Crippen molar-refractivity contribution in [2.45, 2.75) is 45.8 Å². The zero-order valence-corrected chi connectivity index (χ0v) is 14.1. The van der Waals surface area contributed by atoms with Crippen LogP contribution in [0.1, 0.15) is 44.9 Å². The molecule has 0 saturated heterocycles. The lowest BCUT2D eigenvalue weighted by Crippen LogP contribution is -2.22. The fraction of sp³-hybridized carbons (Fsp3) is 0.438. The van der Waals surface area contributed by atoms with Crippen molar-refractivity contribution in [2.75, 3.05) is 0 Å². The smallest absolute Gasteiger partial charge is 0.0543 e. The largest absolute Gasteiger partial charge is 0.306 e. The Morgan fingerprint density at radius 1 is 1.25 bits per heavy atom. The standard InChI is InChI=1S/C16H22BrN3/c1-12(14-5-7-15(17)8-6-14)18-9-13-10-19-20(11-13)16(2,3)4/h5-8,10-12,18H,9H2,1-4H3/t12-/m0/s1. The summed E-state index contributed by atoms with van der Waals surface area (Å²) in [5, 5.41) is 7.95. The second-order valence-electron chi connectivity index (χ2n) is 6.12. The first-order chi connectivity index (χ1) is 9.36. The van der Waals surface area contributed by atoms with Crippen LogP contribution in [0.4, 0.5) is 0 Å². The van der Waals surface area contributed by atoms with E-state index >= 15 is 0 Å². The first-order valence-corrected chi connectivity index (χ1v) is 7.68. The van der Waals surface area contributed by atoms with Crippen molar-refractivity contribution >= 4 is 15.9 Å². The second kappa shape index (κ2) is 6.10. The minimum absolute atomic E-state index is 0.0373. The lowest BCUT2D eigenvalue weighted by Gasteiger charge is -2.18. The van der Waals surface area contributed by atoms with Crippen molar-refractivity contribution in [3.8, 4) is 0 Å². The monoisotopic (exact) mass is 335 g/mol. The molecule has 4 heteroatoms. The predicted molar refractivity (Wildman–Crippen MR) is 86.6 cm³/mol. The average Bonchev–Trinajstić information content (AvgIpc) is 2.85. The van der Waals surface area contributed by atoms with Gasteiger partial charge in [-0.2, -0.15) is 5.10 Å². The third-order valence-electron chi connectivity index (χ3n) is 3.31. The molecule has 1 atom stereocenters. The van der Waals surface area contributed by atoms with Crippen LogP contribution in [0.3, 0.4) is 0 Å². The van der Waals surface area contributed by atoms with Crippen LogP contribution in [0.2, 0.25) is 0 Å². The van der Waals surface area contributed by atoms with Gasteiger partial charge in [0.25, 0.3) is 0 Å². The van der Waals surface area contributed by atoms with Gasteiger partial charge in [0.15, 0.2) is 0 Å². The molecule has 0 amide bonds. The number of hydrogen-bond acceptors (Lipinski definition) is 2. The molecule has 2 aromatic rings. The van der Waals surface area contributed by atoms with Gasteiger partial charge in [-0.1, -0.05) is 28.1 Å². The van der Waals surface area contributed by atoms with Gasteiger partial charge in [-0.05, 0) is 45.4 Å². The Bertz CT molecular complexity index is 552. The zero-order chi connectivity index (χ0) is 14.8. The number of benzene rings is 1. The van der Waals surface area contributed by atoms with Gasteiger partial charge >= 0.3 is 0 Å². The van der Waals surface area contributed by atoms with E-state index in [9.17, 15) is 0 Å². The van der Waals surface area contributed by atoms with Crippen LogP contribution in [-0.2, 0) is 12.1 Å². The van der Waals surface area contributed by atoms with Crippen molar-refractivity contribution in [1.29, 1.82) is 0 Å². The van der Waals surface area contributed by atoms with E-state index < -0.39 is 0 Å². The Morgan fingerprint density at radius 3 is 2.45 bits per heavy atom. The summed E-state index contributed by atoms with van der Waals surface area (Å²) in [4.78, 5) is 0. The van der Waals surface area contributed by atoms with E-state index in [-0.39, 0.29) is 5.54 Å². The van der Waals surface area contributed by atoms with Crippen LogP contribution in [0, 0.1) is 0 Å². The number of hydrogen-bond donors (Lipinski definition) is 1. The van der Waals surface area contributed by atoms with E-state index in [0.29, 0.717) is 6.04 Å². The highest BCUT2D eigenvalue weighted by atomic mass is 79.9. The molecule has 0 unspecified atom stereocenters. The van der Waals surface area contributed by atoms with Crippen molar-refractivity contribution < 1.29 is 0 Å². The molecule has 1 heterocycles. The number of rotatable bonds is 4. The zero-order valence-electron chi connectivity index (χ0n) is 12.5. The Balaban J connectivity index is 1.95. The summed E-state index contributed by atoms with van der Waals surface area (Å²) in [5.74, 6) is 0. The van der Waals surface area contributed by atoms with E-state index in [1.54, 1.807) is 0 Å². The molecule has 0 aliphatic rings. The Labute approximate surface area is 129 Å². The lowest BCUT2D eigenvalue weighted by atomic mass is 10.1. The molecule has 0 radical (unpaired) electrons. The normalized spacial score (nSPS) is 13.4. The molecule has 1 aromatic heterocycles. The van der Waals surface area contributed by atoms with Crippen molar-refractivity contribution in [1.82, 2.24) is 15.1 Å². The van der Waals surface area contributed by atoms with E-state index in [0.717, 1.165) is 11.0 Å². The van der Waals surface area contributed by atoms with Gasteiger partial charge in [-0.15, -0.1) is 0 Å². The maximum Gasteiger partial charge on any atom is 0.0543 e. The third-order valence-corrected chi connectivity index (χ3v) is 3.83. The maximum absolute atomic E-state index is 4.42. The Morgan fingerprint density at radius 2 is 1.90 bits per heavy atom. The molecule has 0 spiro atoms. The van der Waals surface area contributed by atoms with Gasteiger partial charge in [0, 0.05) is 28.8 Å². The summed E-state index contributed by atoms with van der Waals surface area (Å²) in [5.41, 5.74) is 2.54. The summed E-state index contributed by atoms with van der Waals surface area (Å²) in [6, 6.07) is 8.75. The van der Waals surface area contributed by atoms with Crippen LogP contribution < -0.4 is 5.32 Å². The molecule has 0 fully saturated rings. The molecule has 1 N–H and O–H groups in total. The van der Waals surface area contributed by atoms with Gasteiger partial charge in [0.2, 0.25) is 0 Å². The maximum atomic E-state index is 4.42. The molecule has 0 bridgehead atoms. The van der Waals surface area contributed by atoms with Crippen LogP contribution >= 0.6 is 15.9 Å². The molecule has 0 aliphatic carbocycles. The SMILES string of the molecule is C[C@H](NCc1cnn(C(C)(C)C)c1)c1ccc(Br)cc1. The minimum Gasteiger partial charge on any atom is -0.306 e. The number of halogens is 1. The summed E-state index contributed by atoms with van der Waals surface area (Å²) >= 11 is 3.46. The molecule has 2 rings (SSSR count). The average molecular weight is 336 g/mol. The number of aromatic nitrogens is 2. The van der Waals surface area contributed by atoms with E-state index in [1.165, 1.54) is 11.1 Å². The van der Waals surface area contributed by atoms with Gasteiger partial charge < -0.3 is 5.32 Å². The van der Waals surface area contributed by atoms with Crippen molar-refractivity contribution in [3.63, 3.8) is 0 Å². The van der Waals surface area contributed by atoms with Crippen LogP contribution in [0.25, 0.3) is 0 Å². The van der Waals surface area contributed by atoms with E-state index in [1.807, 2.05) is 10.9 Å². The molecule has 3 nitrogen and oxygen atoms in total. The van der Waals surface area contributed by atoms with Crippen molar-refractivity contribution in [3.05, 3.63) is 52.3 Å². The van der Waals surface area contributed by atoms with Gasteiger partial charge in [-0.25, -0.2) is 0 Å². The highest BCUT2D eigenvalue weighted by Gasteiger charge is 2.14. The van der Waals surface area contributed by atoms with Crippen LogP contribution in [0.5, 0.6) is 0 Å². The van der Waals surface area contributed by atoms with Crippen LogP contribution in [-0.4, -0.2) is 9.78 Å². The third kappa shape index (κ3) is 3.93. The predicted octanol–water partition coefficient (Wildman–Crippen LogP) is 4.25. The first kappa shape index (κ1) is 15.3. The molecule has 108 valence electrons. The lowest BCUT2D eigenvalue weighted by molar-refractivity contribution is 0.355. The molecule has 0 saturated carbocycles. The van der Waals surface area contributed by atoms with Crippen LogP contribution in [0.15, 0.2) is 41.1 Å². The fourth-order valence-corrected chi connectivity index (χ4v) is 2.22.